The summed E-state index contributed by atoms with van der Waals surface area (Å²) in [6, 6.07) is 32.6. The van der Waals surface area contributed by atoms with Gasteiger partial charge < -0.3 is 4.98 Å². The molecule has 5 aromatic rings. The number of rotatable bonds is 2. The third kappa shape index (κ3) is 2.41. The van der Waals surface area contributed by atoms with Crippen LogP contribution in [0.1, 0.15) is 5.56 Å². The number of benzene rings is 4. The molecule has 0 bridgehead atoms. The SMILES string of the molecule is Cc1ccc(-c2cccc(-c3cccc4c3[nH]c3ccccc34)c2)cc1. The Morgan fingerprint density at radius 2 is 1.31 bits per heavy atom. The van der Waals surface area contributed by atoms with Crippen molar-refractivity contribution in [1.29, 1.82) is 0 Å². The molecular formula is C25H19N. The molecule has 124 valence electrons. The van der Waals surface area contributed by atoms with Gasteiger partial charge in [0.15, 0.2) is 0 Å². The quantitative estimate of drug-likeness (QED) is 0.359. The van der Waals surface area contributed by atoms with E-state index in [4.69, 9.17) is 0 Å². The first-order valence-electron chi connectivity index (χ1n) is 8.96. The van der Waals surface area contributed by atoms with Crippen LogP contribution in [0.2, 0.25) is 0 Å². The molecule has 4 aromatic carbocycles. The van der Waals surface area contributed by atoms with Crippen molar-refractivity contribution in [3.63, 3.8) is 0 Å². The second-order valence-corrected chi connectivity index (χ2v) is 6.85. The molecule has 0 amide bonds. The van der Waals surface area contributed by atoms with Gasteiger partial charge in [0, 0.05) is 21.9 Å². The van der Waals surface area contributed by atoms with E-state index in [2.05, 4.69) is 103 Å². The Hall–Kier alpha value is -3.32. The molecule has 0 radical (unpaired) electrons. The van der Waals surface area contributed by atoms with Gasteiger partial charge in [-0.15, -0.1) is 0 Å². The van der Waals surface area contributed by atoms with Crippen LogP contribution in [0.15, 0.2) is 91.0 Å². The zero-order chi connectivity index (χ0) is 17.5. The van der Waals surface area contributed by atoms with E-state index in [1.165, 1.54) is 49.6 Å². The van der Waals surface area contributed by atoms with Crippen molar-refractivity contribution in [2.24, 2.45) is 0 Å². The Labute approximate surface area is 152 Å². The van der Waals surface area contributed by atoms with Gasteiger partial charge in [0.2, 0.25) is 0 Å². The minimum absolute atomic E-state index is 1.18. The van der Waals surface area contributed by atoms with E-state index in [1.54, 1.807) is 0 Å². The summed E-state index contributed by atoms with van der Waals surface area (Å²) in [5.74, 6) is 0. The lowest BCUT2D eigenvalue weighted by Crippen LogP contribution is -1.83. The van der Waals surface area contributed by atoms with Crippen molar-refractivity contribution in [3.8, 4) is 22.3 Å². The van der Waals surface area contributed by atoms with Crippen molar-refractivity contribution in [1.82, 2.24) is 4.98 Å². The molecule has 1 aromatic heterocycles. The standard InChI is InChI=1S/C25H19N/c1-17-12-14-18(15-13-17)19-6-4-7-20(16-19)21-9-5-10-23-22-8-2-3-11-24(22)26-25(21)23/h2-16,26H,1H3. The number of aromatic nitrogens is 1. The average molecular weight is 333 g/mol. The third-order valence-corrected chi connectivity index (χ3v) is 5.10. The highest BCUT2D eigenvalue weighted by Gasteiger charge is 2.10. The third-order valence-electron chi connectivity index (χ3n) is 5.10. The van der Waals surface area contributed by atoms with Crippen LogP contribution >= 0.6 is 0 Å². The van der Waals surface area contributed by atoms with Crippen LogP contribution in [0.25, 0.3) is 44.1 Å². The van der Waals surface area contributed by atoms with Crippen molar-refractivity contribution >= 4 is 21.8 Å². The number of hydrogen-bond acceptors (Lipinski definition) is 0. The predicted molar refractivity (Wildman–Crippen MR) is 111 cm³/mol. The predicted octanol–water partition coefficient (Wildman–Crippen LogP) is 6.96. The van der Waals surface area contributed by atoms with Crippen LogP contribution in [0.5, 0.6) is 0 Å². The maximum Gasteiger partial charge on any atom is 0.0544 e. The Morgan fingerprint density at radius 1 is 0.577 bits per heavy atom. The maximum absolute atomic E-state index is 3.61. The van der Waals surface area contributed by atoms with Gasteiger partial charge in [-0.2, -0.15) is 0 Å². The number of H-pyrrole nitrogens is 1. The summed E-state index contributed by atoms with van der Waals surface area (Å²) in [5.41, 5.74) is 8.65. The van der Waals surface area contributed by atoms with Gasteiger partial charge >= 0.3 is 0 Å². The summed E-state index contributed by atoms with van der Waals surface area (Å²) >= 11 is 0. The fraction of sp³-hybridized carbons (Fsp3) is 0.0400. The van der Waals surface area contributed by atoms with E-state index in [9.17, 15) is 0 Å². The van der Waals surface area contributed by atoms with E-state index in [0.717, 1.165) is 0 Å². The zero-order valence-electron chi connectivity index (χ0n) is 14.7. The van der Waals surface area contributed by atoms with E-state index < -0.39 is 0 Å². The van der Waals surface area contributed by atoms with Crippen molar-refractivity contribution in [2.45, 2.75) is 6.92 Å². The molecule has 0 aliphatic heterocycles. The second kappa shape index (κ2) is 5.89. The Balaban J connectivity index is 1.71. The van der Waals surface area contributed by atoms with Gasteiger partial charge in [-0.05, 0) is 35.7 Å². The number of nitrogens with one attached hydrogen (secondary N) is 1. The molecule has 5 rings (SSSR count). The lowest BCUT2D eigenvalue weighted by molar-refractivity contribution is 1.47. The molecule has 1 heterocycles. The summed E-state index contributed by atoms with van der Waals surface area (Å²) in [7, 11) is 0. The summed E-state index contributed by atoms with van der Waals surface area (Å²) < 4.78 is 0. The second-order valence-electron chi connectivity index (χ2n) is 6.85. The fourth-order valence-electron chi connectivity index (χ4n) is 3.73. The number of hydrogen-bond donors (Lipinski definition) is 1. The summed E-state index contributed by atoms with van der Waals surface area (Å²) in [5, 5.41) is 2.55. The molecule has 1 N–H and O–H groups in total. The van der Waals surface area contributed by atoms with E-state index in [0.29, 0.717) is 0 Å². The van der Waals surface area contributed by atoms with Crippen molar-refractivity contribution in [2.75, 3.05) is 0 Å². The Kier molecular flexibility index (Phi) is 3.39. The summed E-state index contributed by atoms with van der Waals surface area (Å²) in [6.07, 6.45) is 0. The fourth-order valence-corrected chi connectivity index (χ4v) is 3.73. The van der Waals surface area contributed by atoms with Crippen LogP contribution in [0, 0.1) is 6.92 Å². The maximum atomic E-state index is 3.61. The lowest BCUT2D eigenvalue weighted by Gasteiger charge is -2.08. The first-order valence-corrected chi connectivity index (χ1v) is 8.96. The van der Waals surface area contributed by atoms with Crippen molar-refractivity contribution in [3.05, 3.63) is 96.6 Å². The highest BCUT2D eigenvalue weighted by molar-refractivity contribution is 6.11. The molecule has 1 heteroatoms. The van der Waals surface area contributed by atoms with Gasteiger partial charge in [-0.1, -0.05) is 84.4 Å². The molecule has 0 atom stereocenters. The van der Waals surface area contributed by atoms with Crippen molar-refractivity contribution < 1.29 is 0 Å². The van der Waals surface area contributed by atoms with Crippen LogP contribution in [-0.4, -0.2) is 4.98 Å². The molecular weight excluding hydrogens is 314 g/mol. The monoisotopic (exact) mass is 333 g/mol. The van der Waals surface area contributed by atoms with Gasteiger partial charge in [-0.25, -0.2) is 0 Å². The minimum atomic E-state index is 1.18. The number of para-hydroxylation sites is 2. The first-order chi connectivity index (χ1) is 12.8. The van der Waals surface area contributed by atoms with Crippen LogP contribution < -0.4 is 0 Å². The Bertz CT molecular complexity index is 1230. The minimum Gasteiger partial charge on any atom is -0.354 e. The Morgan fingerprint density at radius 3 is 2.19 bits per heavy atom. The highest BCUT2D eigenvalue weighted by atomic mass is 14.7. The van der Waals surface area contributed by atoms with Crippen LogP contribution in [0.4, 0.5) is 0 Å². The lowest BCUT2D eigenvalue weighted by atomic mass is 9.97. The first kappa shape index (κ1) is 15.0. The summed E-state index contributed by atoms with van der Waals surface area (Å²) in [4.78, 5) is 3.61. The normalized spacial score (nSPS) is 11.3. The number of aryl methyl sites for hydroxylation is 1. The number of fused-ring (bicyclic) bond motifs is 3. The molecule has 0 fully saturated rings. The highest BCUT2D eigenvalue weighted by Crippen LogP contribution is 2.34. The smallest absolute Gasteiger partial charge is 0.0544 e. The van der Waals surface area contributed by atoms with Crippen LogP contribution in [0.3, 0.4) is 0 Å². The van der Waals surface area contributed by atoms with Gasteiger partial charge in [0.1, 0.15) is 0 Å². The molecule has 0 spiro atoms. The van der Waals surface area contributed by atoms with Crippen LogP contribution in [-0.2, 0) is 0 Å². The van der Waals surface area contributed by atoms with E-state index in [1.807, 2.05) is 0 Å². The molecule has 0 aliphatic rings. The zero-order valence-corrected chi connectivity index (χ0v) is 14.7. The van der Waals surface area contributed by atoms with Gasteiger partial charge in [0.05, 0.1) is 5.52 Å². The molecule has 0 saturated heterocycles. The molecule has 0 saturated carbocycles. The van der Waals surface area contributed by atoms with Gasteiger partial charge in [-0.3, -0.25) is 0 Å². The molecule has 26 heavy (non-hydrogen) atoms. The molecule has 0 aliphatic carbocycles. The van der Waals surface area contributed by atoms with E-state index in [-0.39, 0.29) is 0 Å². The molecule has 0 unspecified atom stereocenters. The average Bonchev–Trinajstić information content (AvgIpc) is 3.07. The number of aromatic amines is 1. The van der Waals surface area contributed by atoms with E-state index >= 15 is 0 Å². The largest absolute Gasteiger partial charge is 0.354 e. The summed E-state index contributed by atoms with van der Waals surface area (Å²) in [6.45, 7) is 2.12. The molecule has 1 nitrogen and oxygen atoms in total. The van der Waals surface area contributed by atoms with Gasteiger partial charge in [0.25, 0.3) is 0 Å². The topological polar surface area (TPSA) is 15.8 Å².